The smallest absolute Gasteiger partial charge is 0.294 e. The molecule has 0 aliphatic carbocycles. The molecule has 5 nitrogen and oxygen atoms in total. The molecule has 0 saturated carbocycles. The highest BCUT2D eigenvalue weighted by atomic mass is 16.5. The second-order valence-electron chi connectivity index (χ2n) is 9.17. The van der Waals surface area contributed by atoms with E-state index in [1.807, 2.05) is 55.5 Å². The van der Waals surface area contributed by atoms with Crippen molar-refractivity contribution in [1.29, 1.82) is 0 Å². The Kier molecular flexibility index (Phi) is 6.25. The van der Waals surface area contributed by atoms with Gasteiger partial charge in [0.2, 0.25) is 0 Å². The summed E-state index contributed by atoms with van der Waals surface area (Å²) in [5, 5.41) is 10.8. The van der Waals surface area contributed by atoms with Gasteiger partial charge in [0.15, 0.2) is 11.5 Å². The highest BCUT2D eigenvalue weighted by molar-refractivity contribution is 6.17. The molecule has 2 aromatic carbocycles. The summed E-state index contributed by atoms with van der Waals surface area (Å²) in [5.41, 5.74) is 1.91. The summed E-state index contributed by atoms with van der Waals surface area (Å²) >= 11 is 0. The topological polar surface area (TPSA) is 66.8 Å². The van der Waals surface area contributed by atoms with Gasteiger partial charge in [-0.05, 0) is 48.2 Å². The van der Waals surface area contributed by atoms with Gasteiger partial charge in [-0.2, -0.15) is 0 Å². The predicted molar refractivity (Wildman–Crippen MR) is 122 cm³/mol. The fourth-order valence-electron chi connectivity index (χ4n) is 3.76. The normalized spacial score (nSPS) is 16.9. The Bertz CT molecular complexity index is 995. The first-order chi connectivity index (χ1) is 14.6. The van der Waals surface area contributed by atoms with Crippen molar-refractivity contribution in [3.63, 3.8) is 0 Å². The molecule has 0 spiro atoms. The summed E-state index contributed by atoms with van der Waals surface area (Å²) in [5.74, 6) is -0.232. The first kappa shape index (κ1) is 22.6. The standard InChI is InChI=1S/C26H31NO4/c1-7-31-20-14-10-18(11-15-20)22-21(24(29)26(4,5)6)23(28)25(30)27(22)19-12-8-17(9-13-19)16(2)3/h8-16,22,28H,7H2,1-6H3. The van der Waals surface area contributed by atoms with Gasteiger partial charge in [-0.1, -0.05) is 58.9 Å². The second-order valence-corrected chi connectivity index (χ2v) is 9.17. The molecule has 3 rings (SSSR count). The van der Waals surface area contributed by atoms with Gasteiger partial charge in [0.25, 0.3) is 5.91 Å². The quantitative estimate of drug-likeness (QED) is 0.647. The van der Waals surface area contributed by atoms with Gasteiger partial charge in [-0.15, -0.1) is 0 Å². The van der Waals surface area contributed by atoms with Gasteiger partial charge in [-0.25, -0.2) is 0 Å². The molecular formula is C26H31NO4. The van der Waals surface area contributed by atoms with Crippen LogP contribution in [0.4, 0.5) is 5.69 Å². The van der Waals surface area contributed by atoms with Gasteiger partial charge >= 0.3 is 0 Å². The fourth-order valence-corrected chi connectivity index (χ4v) is 3.76. The van der Waals surface area contributed by atoms with E-state index in [1.54, 1.807) is 20.8 Å². The van der Waals surface area contributed by atoms with Crippen molar-refractivity contribution in [3.05, 3.63) is 71.0 Å². The molecule has 1 amide bonds. The molecule has 1 unspecified atom stereocenters. The van der Waals surface area contributed by atoms with Crippen LogP contribution in [-0.4, -0.2) is 23.4 Å². The Morgan fingerprint density at radius 3 is 2.13 bits per heavy atom. The van der Waals surface area contributed by atoms with Gasteiger partial charge in [0, 0.05) is 11.1 Å². The number of carbonyl (C=O) groups excluding carboxylic acids is 2. The number of hydrogen-bond acceptors (Lipinski definition) is 4. The second kappa shape index (κ2) is 8.58. The maximum absolute atomic E-state index is 13.3. The van der Waals surface area contributed by atoms with E-state index in [4.69, 9.17) is 4.74 Å². The van der Waals surface area contributed by atoms with Crippen LogP contribution in [0.3, 0.4) is 0 Å². The van der Waals surface area contributed by atoms with Crippen LogP contribution >= 0.6 is 0 Å². The Morgan fingerprint density at radius 2 is 1.65 bits per heavy atom. The molecule has 1 aliphatic heterocycles. The Balaban J connectivity index is 2.13. The van der Waals surface area contributed by atoms with E-state index in [1.165, 1.54) is 4.90 Å². The van der Waals surface area contributed by atoms with Crippen molar-refractivity contribution in [2.24, 2.45) is 5.41 Å². The van der Waals surface area contributed by atoms with Crippen LogP contribution in [0.2, 0.25) is 0 Å². The van der Waals surface area contributed by atoms with E-state index < -0.39 is 23.1 Å². The monoisotopic (exact) mass is 421 g/mol. The summed E-state index contributed by atoms with van der Waals surface area (Å²) < 4.78 is 5.53. The van der Waals surface area contributed by atoms with Crippen LogP contribution in [0.25, 0.3) is 0 Å². The van der Waals surface area contributed by atoms with E-state index in [0.29, 0.717) is 24.0 Å². The van der Waals surface area contributed by atoms with E-state index in [-0.39, 0.29) is 11.4 Å². The predicted octanol–water partition coefficient (Wildman–Crippen LogP) is 5.72. The Labute approximate surface area is 184 Å². The summed E-state index contributed by atoms with van der Waals surface area (Å²) in [4.78, 5) is 27.9. The molecule has 1 N–H and O–H groups in total. The van der Waals surface area contributed by atoms with Crippen molar-refractivity contribution >= 4 is 17.4 Å². The maximum atomic E-state index is 13.3. The molecular weight excluding hydrogens is 390 g/mol. The van der Waals surface area contributed by atoms with Crippen LogP contribution in [-0.2, 0) is 9.59 Å². The third-order valence-corrected chi connectivity index (χ3v) is 5.48. The lowest BCUT2D eigenvalue weighted by molar-refractivity contribution is -0.123. The van der Waals surface area contributed by atoms with E-state index in [9.17, 15) is 14.7 Å². The third-order valence-electron chi connectivity index (χ3n) is 5.48. The first-order valence-corrected chi connectivity index (χ1v) is 10.7. The Hall–Kier alpha value is -3.08. The average Bonchev–Trinajstić information content (AvgIpc) is 2.98. The van der Waals surface area contributed by atoms with Crippen molar-refractivity contribution in [3.8, 4) is 5.75 Å². The summed E-state index contributed by atoms with van der Waals surface area (Å²) in [6.45, 7) is 12.0. The largest absolute Gasteiger partial charge is 0.503 e. The number of nitrogens with zero attached hydrogens (tertiary/aromatic N) is 1. The summed E-state index contributed by atoms with van der Waals surface area (Å²) in [7, 11) is 0. The highest BCUT2D eigenvalue weighted by Crippen LogP contribution is 2.43. The molecule has 0 saturated heterocycles. The van der Waals surface area contributed by atoms with Crippen molar-refractivity contribution in [2.45, 2.75) is 53.5 Å². The zero-order chi connectivity index (χ0) is 22.9. The van der Waals surface area contributed by atoms with Crippen LogP contribution in [0.1, 0.15) is 64.6 Å². The number of amides is 1. The zero-order valence-corrected chi connectivity index (χ0v) is 19.1. The molecule has 0 fully saturated rings. The van der Waals surface area contributed by atoms with Crippen LogP contribution in [0.15, 0.2) is 59.9 Å². The van der Waals surface area contributed by atoms with Crippen LogP contribution in [0.5, 0.6) is 5.75 Å². The molecule has 164 valence electrons. The van der Waals surface area contributed by atoms with E-state index in [0.717, 1.165) is 11.1 Å². The minimum Gasteiger partial charge on any atom is -0.503 e. The lowest BCUT2D eigenvalue weighted by Crippen LogP contribution is -2.32. The van der Waals surface area contributed by atoms with E-state index in [2.05, 4.69) is 13.8 Å². The molecule has 1 atom stereocenters. The lowest BCUT2D eigenvalue weighted by atomic mass is 9.82. The number of benzene rings is 2. The maximum Gasteiger partial charge on any atom is 0.294 e. The highest BCUT2D eigenvalue weighted by Gasteiger charge is 2.46. The van der Waals surface area contributed by atoms with Crippen molar-refractivity contribution in [2.75, 3.05) is 11.5 Å². The van der Waals surface area contributed by atoms with Crippen LogP contribution in [0, 0.1) is 5.41 Å². The number of Topliss-reactive ketones (excluding diaryl/α,β-unsaturated/α-hetero) is 1. The first-order valence-electron chi connectivity index (χ1n) is 10.7. The third kappa shape index (κ3) is 4.36. The molecule has 31 heavy (non-hydrogen) atoms. The molecule has 0 aromatic heterocycles. The average molecular weight is 422 g/mol. The molecule has 0 bridgehead atoms. The summed E-state index contributed by atoms with van der Waals surface area (Å²) in [6, 6.07) is 14.3. The van der Waals surface area contributed by atoms with E-state index >= 15 is 0 Å². The SMILES string of the molecule is CCOc1ccc(C2C(C(=O)C(C)(C)C)=C(O)C(=O)N2c2ccc(C(C)C)cc2)cc1. The number of ketones is 1. The molecule has 1 aliphatic rings. The number of anilines is 1. The zero-order valence-electron chi connectivity index (χ0n) is 19.1. The number of aliphatic hydroxyl groups excluding tert-OH is 1. The fraction of sp³-hybridized carbons (Fsp3) is 0.385. The summed E-state index contributed by atoms with van der Waals surface area (Å²) in [6.07, 6.45) is 0. The van der Waals surface area contributed by atoms with Crippen molar-refractivity contribution < 1.29 is 19.4 Å². The number of hydrogen-bond donors (Lipinski definition) is 1. The lowest BCUT2D eigenvalue weighted by Gasteiger charge is -2.29. The van der Waals surface area contributed by atoms with Gasteiger partial charge in [-0.3, -0.25) is 14.5 Å². The van der Waals surface area contributed by atoms with Crippen LogP contribution < -0.4 is 9.64 Å². The molecule has 0 radical (unpaired) electrons. The van der Waals surface area contributed by atoms with Gasteiger partial charge in [0.05, 0.1) is 18.2 Å². The molecule has 2 aromatic rings. The Morgan fingerprint density at radius 1 is 1.06 bits per heavy atom. The van der Waals surface area contributed by atoms with Crippen molar-refractivity contribution in [1.82, 2.24) is 0 Å². The molecule has 1 heterocycles. The number of carbonyl (C=O) groups is 2. The number of aliphatic hydroxyl groups is 1. The number of rotatable bonds is 6. The van der Waals surface area contributed by atoms with Gasteiger partial charge in [0.1, 0.15) is 5.75 Å². The number of ether oxygens (including phenoxy) is 1. The molecule has 5 heteroatoms. The minimum atomic E-state index is -0.745. The van der Waals surface area contributed by atoms with Gasteiger partial charge < -0.3 is 9.84 Å². The minimum absolute atomic E-state index is 0.134.